The van der Waals surface area contributed by atoms with Gasteiger partial charge in [-0.15, -0.1) is 0 Å². The first-order chi connectivity index (χ1) is 9.97. The number of hydrogen-bond acceptors (Lipinski definition) is 3. The van der Waals surface area contributed by atoms with Crippen LogP contribution in [-0.4, -0.2) is 56.5 Å². The van der Waals surface area contributed by atoms with E-state index in [4.69, 9.17) is 4.74 Å². The summed E-state index contributed by atoms with van der Waals surface area (Å²) in [6.45, 7) is 4.47. The van der Waals surface area contributed by atoms with Crippen LogP contribution in [0.4, 0.5) is 13.2 Å². The first-order valence-electron chi connectivity index (χ1n) is 8.07. The van der Waals surface area contributed by atoms with Gasteiger partial charge in [0.1, 0.15) is 0 Å². The number of piperidine rings is 1. The topological polar surface area (TPSA) is 24.5 Å². The molecule has 21 heavy (non-hydrogen) atoms. The lowest BCUT2D eigenvalue weighted by Crippen LogP contribution is -2.48. The van der Waals surface area contributed by atoms with Crippen molar-refractivity contribution in [2.75, 3.05) is 39.4 Å². The molecule has 0 aromatic rings. The van der Waals surface area contributed by atoms with Crippen LogP contribution in [0.1, 0.15) is 32.1 Å². The second-order valence-electron chi connectivity index (χ2n) is 7.05. The highest BCUT2D eigenvalue weighted by Crippen LogP contribution is 2.36. The van der Waals surface area contributed by atoms with Crippen molar-refractivity contribution in [3.63, 3.8) is 0 Å². The fourth-order valence-electron chi connectivity index (χ4n) is 3.51. The van der Waals surface area contributed by atoms with Gasteiger partial charge in [-0.3, -0.25) is 0 Å². The summed E-state index contributed by atoms with van der Waals surface area (Å²) in [5.41, 5.74) is 0.105. The zero-order valence-electron chi connectivity index (χ0n) is 12.4. The molecule has 1 N–H and O–H groups in total. The molecule has 3 rings (SSSR count). The number of hydrogen-bond donors (Lipinski definition) is 1. The molecule has 3 aliphatic rings. The summed E-state index contributed by atoms with van der Waals surface area (Å²) in [6, 6.07) is 0.665. The van der Waals surface area contributed by atoms with Crippen LogP contribution < -0.4 is 5.32 Å². The number of alkyl halides is 3. The van der Waals surface area contributed by atoms with Crippen LogP contribution in [0.15, 0.2) is 0 Å². The normalized spacial score (nSPS) is 32.7. The average molecular weight is 306 g/mol. The molecule has 3 fully saturated rings. The molecule has 1 aliphatic carbocycles. The van der Waals surface area contributed by atoms with Gasteiger partial charge in [-0.05, 0) is 45.2 Å². The maximum Gasteiger partial charge on any atom is 0.391 e. The van der Waals surface area contributed by atoms with Crippen molar-refractivity contribution < 1.29 is 17.9 Å². The van der Waals surface area contributed by atoms with Crippen LogP contribution >= 0.6 is 0 Å². The zero-order chi connectivity index (χ0) is 14.9. The summed E-state index contributed by atoms with van der Waals surface area (Å²) in [7, 11) is 0. The van der Waals surface area contributed by atoms with Gasteiger partial charge >= 0.3 is 6.18 Å². The molecule has 1 atom stereocenters. The number of nitrogens with zero attached hydrogens (tertiary/aromatic N) is 1. The molecule has 122 valence electrons. The van der Waals surface area contributed by atoms with Crippen molar-refractivity contribution >= 4 is 0 Å². The third-order valence-corrected chi connectivity index (χ3v) is 5.14. The van der Waals surface area contributed by atoms with Crippen molar-refractivity contribution in [3.8, 4) is 0 Å². The first-order valence-corrected chi connectivity index (χ1v) is 8.07. The molecule has 0 aromatic heterocycles. The summed E-state index contributed by atoms with van der Waals surface area (Å²) in [5.74, 6) is -1.10. The molecule has 1 saturated carbocycles. The van der Waals surface area contributed by atoms with E-state index >= 15 is 0 Å². The summed E-state index contributed by atoms with van der Waals surface area (Å²) in [4.78, 5) is 2.21. The van der Waals surface area contributed by atoms with Crippen molar-refractivity contribution in [1.29, 1.82) is 0 Å². The Hall–Kier alpha value is -0.330. The van der Waals surface area contributed by atoms with Gasteiger partial charge in [0.05, 0.1) is 12.5 Å². The summed E-state index contributed by atoms with van der Waals surface area (Å²) in [6.07, 6.45) is 0.00844. The first kappa shape index (κ1) is 15.6. The summed E-state index contributed by atoms with van der Waals surface area (Å²) >= 11 is 0. The highest BCUT2D eigenvalue weighted by Gasteiger charge is 2.43. The maximum absolute atomic E-state index is 12.7. The van der Waals surface area contributed by atoms with Gasteiger partial charge in [0, 0.05) is 31.2 Å². The summed E-state index contributed by atoms with van der Waals surface area (Å²) in [5, 5.41) is 3.58. The van der Waals surface area contributed by atoms with Crippen LogP contribution in [0, 0.1) is 11.3 Å². The predicted octanol–water partition coefficient (Wildman–Crippen LogP) is 2.42. The molecule has 2 heterocycles. The Kier molecular flexibility index (Phi) is 4.48. The highest BCUT2D eigenvalue weighted by molar-refractivity contribution is 4.93. The highest BCUT2D eigenvalue weighted by atomic mass is 19.4. The van der Waals surface area contributed by atoms with Gasteiger partial charge in [0.15, 0.2) is 0 Å². The SMILES string of the molecule is FC(F)(F)C1CCN(CC2(CNC3CC3)CCOC2)CC1. The molecule has 0 aromatic carbocycles. The van der Waals surface area contributed by atoms with Crippen LogP contribution in [-0.2, 0) is 4.74 Å². The maximum atomic E-state index is 12.7. The van der Waals surface area contributed by atoms with E-state index in [9.17, 15) is 13.2 Å². The van der Waals surface area contributed by atoms with Gasteiger partial charge in [0.2, 0.25) is 0 Å². The van der Waals surface area contributed by atoms with Crippen LogP contribution in [0.3, 0.4) is 0 Å². The van der Waals surface area contributed by atoms with E-state index in [-0.39, 0.29) is 18.3 Å². The molecular formula is C15H25F3N2O. The van der Waals surface area contributed by atoms with E-state index in [2.05, 4.69) is 10.2 Å². The fourth-order valence-corrected chi connectivity index (χ4v) is 3.51. The standard InChI is InChI=1S/C15H25F3N2O/c16-15(17,18)12-3-6-20(7-4-12)10-14(5-8-21-11-14)9-19-13-1-2-13/h12-13,19H,1-11H2. The Morgan fingerprint density at radius 1 is 1.14 bits per heavy atom. The van der Waals surface area contributed by atoms with Crippen molar-refractivity contribution in [3.05, 3.63) is 0 Å². The van der Waals surface area contributed by atoms with Crippen molar-refractivity contribution in [2.45, 2.75) is 44.3 Å². The van der Waals surface area contributed by atoms with Gasteiger partial charge in [-0.25, -0.2) is 0 Å². The minimum absolute atomic E-state index is 0.105. The van der Waals surface area contributed by atoms with Crippen LogP contribution in [0.5, 0.6) is 0 Å². The lowest BCUT2D eigenvalue weighted by atomic mass is 9.85. The predicted molar refractivity (Wildman–Crippen MR) is 74.1 cm³/mol. The smallest absolute Gasteiger partial charge is 0.381 e. The Labute approximate surface area is 124 Å². The number of nitrogens with one attached hydrogen (secondary N) is 1. The Morgan fingerprint density at radius 3 is 2.38 bits per heavy atom. The average Bonchev–Trinajstić information content (AvgIpc) is 3.16. The number of halogens is 3. The third kappa shape index (κ3) is 4.11. The Bertz CT molecular complexity index is 343. The minimum atomic E-state index is -4.02. The third-order valence-electron chi connectivity index (χ3n) is 5.14. The quantitative estimate of drug-likeness (QED) is 0.844. The minimum Gasteiger partial charge on any atom is -0.381 e. The zero-order valence-corrected chi connectivity index (χ0v) is 12.4. The monoisotopic (exact) mass is 306 g/mol. The van der Waals surface area contributed by atoms with E-state index in [0.29, 0.717) is 19.1 Å². The molecular weight excluding hydrogens is 281 g/mol. The fraction of sp³-hybridized carbons (Fsp3) is 1.00. The van der Waals surface area contributed by atoms with Gasteiger partial charge in [-0.1, -0.05) is 0 Å². The second-order valence-corrected chi connectivity index (χ2v) is 7.05. The molecule has 6 heteroatoms. The number of rotatable bonds is 5. The van der Waals surface area contributed by atoms with Crippen LogP contribution in [0.2, 0.25) is 0 Å². The molecule has 1 unspecified atom stereocenters. The molecule has 0 bridgehead atoms. The van der Waals surface area contributed by atoms with E-state index in [1.165, 1.54) is 12.8 Å². The lowest BCUT2D eigenvalue weighted by Gasteiger charge is -2.39. The molecule has 0 radical (unpaired) electrons. The number of likely N-dealkylation sites (tertiary alicyclic amines) is 1. The molecule has 0 amide bonds. The van der Waals surface area contributed by atoms with E-state index in [0.717, 1.165) is 32.7 Å². The molecule has 3 nitrogen and oxygen atoms in total. The number of ether oxygens (including phenoxy) is 1. The van der Waals surface area contributed by atoms with Crippen molar-refractivity contribution in [1.82, 2.24) is 10.2 Å². The second kappa shape index (κ2) is 6.05. The largest absolute Gasteiger partial charge is 0.391 e. The van der Waals surface area contributed by atoms with E-state index < -0.39 is 12.1 Å². The van der Waals surface area contributed by atoms with Gasteiger partial charge < -0.3 is 15.0 Å². The Morgan fingerprint density at radius 2 is 1.86 bits per heavy atom. The molecule has 0 spiro atoms. The lowest BCUT2D eigenvalue weighted by molar-refractivity contribution is -0.185. The van der Waals surface area contributed by atoms with Crippen molar-refractivity contribution in [2.24, 2.45) is 11.3 Å². The summed E-state index contributed by atoms with van der Waals surface area (Å²) < 4.78 is 43.7. The molecule has 2 saturated heterocycles. The van der Waals surface area contributed by atoms with E-state index in [1.54, 1.807) is 0 Å². The van der Waals surface area contributed by atoms with Gasteiger partial charge in [-0.2, -0.15) is 13.2 Å². The molecule has 2 aliphatic heterocycles. The van der Waals surface area contributed by atoms with Crippen LogP contribution in [0.25, 0.3) is 0 Å². The van der Waals surface area contributed by atoms with Gasteiger partial charge in [0.25, 0.3) is 0 Å². The Balaban J connectivity index is 1.50. The van der Waals surface area contributed by atoms with E-state index in [1.807, 2.05) is 0 Å².